The Labute approximate surface area is 173 Å². The summed E-state index contributed by atoms with van der Waals surface area (Å²) in [6, 6.07) is 7.37. The van der Waals surface area contributed by atoms with Crippen molar-refractivity contribution in [1.29, 1.82) is 0 Å². The number of nitrogens with zero attached hydrogens (tertiary/aromatic N) is 2. The lowest BCUT2D eigenvalue weighted by Crippen LogP contribution is -2.31. The molecule has 0 aliphatic carbocycles. The Morgan fingerprint density at radius 3 is 2.31 bits per heavy atom. The third-order valence-corrected chi connectivity index (χ3v) is 6.01. The van der Waals surface area contributed by atoms with E-state index in [1.165, 1.54) is 14.2 Å². The molecule has 1 aromatic heterocycles. The Morgan fingerprint density at radius 1 is 1.14 bits per heavy atom. The second kappa shape index (κ2) is 8.40. The number of halogens is 2. The number of nitrogens with one attached hydrogen (secondary N) is 1. The first-order valence-corrected chi connectivity index (χ1v) is 10.3. The monoisotopic (exact) mass is 439 g/mol. The Balaban J connectivity index is 2.10. The van der Waals surface area contributed by atoms with Gasteiger partial charge in [0.05, 0.1) is 24.1 Å². The highest BCUT2D eigenvalue weighted by Gasteiger charge is 2.27. The molecular weight excluding hydrogens is 421 g/mol. The van der Waals surface area contributed by atoms with Crippen molar-refractivity contribution in [2.45, 2.75) is 10.9 Å². The second-order valence-electron chi connectivity index (χ2n) is 6.17. The molecule has 0 aliphatic heterocycles. The first-order valence-electron chi connectivity index (χ1n) is 8.42. The Kier molecular flexibility index (Phi) is 6.11. The average Bonchev–Trinajstić information content (AvgIpc) is 3.13. The molecule has 0 spiro atoms. The molecule has 1 unspecified atom stereocenters. The number of aryl methyl sites for hydroxylation is 1. The van der Waals surface area contributed by atoms with Gasteiger partial charge in [0.2, 0.25) is 10.0 Å². The number of benzene rings is 2. The summed E-state index contributed by atoms with van der Waals surface area (Å²) in [6.07, 6.45) is 3.26. The summed E-state index contributed by atoms with van der Waals surface area (Å²) in [4.78, 5) is 4.11. The average molecular weight is 440 g/mol. The zero-order chi connectivity index (χ0) is 21.2. The largest absolute Gasteiger partial charge is 0.497 e. The van der Waals surface area contributed by atoms with Gasteiger partial charge in [-0.15, -0.1) is 0 Å². The van der Waals surface area contributed by atoms with Crippen molar-refractivity contribution in [2.75, 3.05) is 14.2 Å². The van der Waals surface area contributed by atoms with Crippen molar-refractivity contribution < 1.29 is 22.3 Å². The number of rotatable bonds is 7. The molecule has 7 nitrogen and oxygen atoms in total. The van der Waals surface area contributed by atoms with E-state index in [1.807, 2.05) is 0 Å². The molecule has 29 heavy (non-hydrogen) atoms. The molecular formula is C19H19ClFN3O4S. The van der Waals surface area contributed by atoms with Crippen LogP contribution in [0.4, 0.5) is 4.39 Å². The fourth-order valence-electron chi connectivity index (χ4n) is 2.79. The first kappa shape index (κ1) is 21.1. The fourth-order valence-corrected chi connectivity index (χ4v) is 4.24. The van der Waals surface area contributed by atoms with Crippen LogP contribution < -0.4 is 14.2 Å². The molecule has 1 atom stereocenters. The molecule has 154 valence electrons. The third kappa shape index (κ3) is 4.52. The normalized spacial score (nSPS) is 12.6. The predicted octanol–water partition coefficient (Wildman–Crippen LogP) is 3.30. The molecule has 0 fully saturated rings. The van der Waals surface area contributed by atoms with Crippen molar-refractivity contribution >= 4 is 21.6 Å². The van der Waals surface area contributed by atoms with Crippen molar-refractivity contribution in [1.82, 2.24) is 14.3 Å². The van der Waals surface area contributed by atoms with E-state index in [4.69, 9.17) is 21.1 Å². The number of aromatic nitrogens is 2. The van der Waals surface area contributed by atoms with Crippen molar-refractivity contribution in [3.05, 3.63) is 71.0 Å². The van der Waals surface area contributed by atoms with Crippen LogP contribution in [0, 0.1) is 5.82 Å². The van der Waals surface area contributed by atoms with E-state index in [0.717, 1.165) is 18.2 Å². The van der Waals surface area contributed by atoms with Crippen LogP contribution in [-0.4, -0.2) is 32.2 Å². The van der Waals surface area contributed by atoms with Crippen LogP contribution in [-0.2, 0) is 17.1 Å². The standard InChI is InChI=1S/C19H19ClFN3O4S/c1-24-7-6-22-19(24)18(12-8-13(27-2)10-14(9-12)28-3)23-29(25,26)15-4-5-17(21)16(20)11-15/h4-11,18,23H,1-3H3. The van der Waals surface area contributed by atoms with Crippen LogP contribution in [0.1, 0.15) is 17.4 Å². The maximum atomic E-state index is 13.5. The summed E-state index contributed by atoms with van der Waals surface area (Å²) in [6.45, 7) is 0. The van der Waals surface area contributed by atoms with Crippen LogP contribution >= 0.6 is 11.6 Å². The summed E-state index contributed by atoms with van der Waals surface area (Å²) in [5.41, 5.74) is 0.548. The number of ether oxygens (including phenoxy) is 2. The zero-order valence-corrected chi connectivity index (χ0v) is 17.5. The minimum atomic E-state index is -4.06. The van der Waals surface area contributed by atoms with Crippen molar-refractivity contribution in [3.63, 3.8) is 0 Å². The molecule has 3 aromatic rings. The van der Waals surface area contributed by atoms with Crippen LogP contribution in [0.3, 0.4) is 0 Å². The smallest absolute Gasteiger partial charge is 0.241 e. The van der Waals surface area contributed by atoms with Gasteiger partial charge in [-0.1, -0.05) is 11.6 Å². The van der Waals surface area contributed by atoms with Gasteiger partial charge in [-0.25, -0.2) is 17.8 Å². The Hall–Kier alpha value is -2.62. The highest BCUT2D eigenvalue weighted by atomic mass is 35.5. The summed E-state index contributed by atoms with van der Waals surface area (Å²) >= 11 is 5.76. The van der Waals surface area contributed by atoms with E-state index in [2.05, 4.69) is 9.71 Å². The molecule has 0 saturated carbocycles. The lowest BCUT2D eigenvalue weighted by molar-refractivity contribution is 0.392. The van der Waals surface area contributed by atoms with Gasteiger partial charge in [0.1, 0.15) is 29.2 Å². The van der Waals surface area contributed by atoms with E-state index in [9.17, 15) is 12.8 Å². The second-order valence-corrected chi connectivity index (χ2v) is 8.29. The number of methoxy groups -OCH3 is 2. The molecule has 3 rings (SSSR count). The zero-order valence-electron chi connectivity index (χ0n) is 15.9. The molecule has 1 heterocycles. The molecule has 0 saturated heterocycles. The summed E-state index contributed by atoms with van der Waals surface area (Å²) < 4.78 is 54.4. The SMILES string of the molecule is COc1cc(OC)cc(C(NS(=O)(=O)c2ccc(F)c(Cl)c2)c2nccn2C)c1. The van der Waals surface area contributed by atoms with E-state index in [0.29, 0.717) is 22.9 Å². The van der Waals surface area contributed by atoms with Gasteiger partial charge in [-0.3, -0.25) is 0 Å². The van der Waals surface area contributed by atoms with Gasteiger partial charge >= 0.3 is 0 Å². The minimum Gasteiger partial charge on any atom is -0.497 e. The molecule has 10 heteroatoms. The minimum absolute atomic E-state index is 0.169. The molecule has 0 radical (unpaired) electrons. The van der Waals surface area contributed by atoms with E-state index in [-0.39, 0.29) is 9.92 Å². The Bertz CT molecular complexity index is 1110. The van der Waals surface area contributed by atoms with Gasteiger partial charge in [0.25, 0.3) is 0 Å². The summed E-state index contributed by atoms with van der Waals surface area (Å²) in [7, 11) is 0.679. The highest BCUT2D eigenvalue weighted by Crippen LogP contribution is 2.31. The van der Waals surface area contributed by atoms with E-state index < -0.39 is 21.9 Å². The highest BCUT2D eigenvalue weighted by molar-refractivity contribution is 7.89. The number of sulfonamides is 1. The number of hydrogen-bond donors (Lipinski definition) is 1. The topological polar surface area (TPSA) is 82.4 Å². The fraction of sp³-hybridized carbons (Fsp3) is 0.211. The Morgan fingerprint density at radius 2 is 1.79 bits per heavy atom. The third-order valence-electron chi connectivity index (χ3n) is 4.30. The quantitative estimate of drug-likeness (QED) is 0.610. The van der Waals surface area contributed by atoms with Crippen LogP contribution in [0.25, 0.3) is 0 Å². The van der Waals surface area contributed by atoms with Crippen LogP contribution in [0.15, 0.2) is 53.7 Å². The van der Waals surface area contributed by atoms with E-state index >= 15 is 0 Å². The van der Waals surface area contributed by atoms with E-state index in [1.54, 1.807) is 42.2 Å². The molecule has 2 aromatic carbocycles. The van der Waals surface area contributed by atoms with Gasteiger partial charge in [0.15, 0.2) is 0 Å². The first-order chi connectivity index (χ1) is 13.7. The number of hydrogen-bond acceptors (Lipinski definition) is 5. The molecule has 1 N–H and O–H groups in total. The van der Waals surface area contributed by atoms with Crippen LogP contribution in [0.2, 0.25) is 5.02 Å². The van der Waals surface area contributed by atoms with Gasteiger partial charge in [-0.05, 0) is 35.9 Å². The summed E-state index contributed by atoms with van der Waals surface area (Å²) in [5.74, 6) is 0.714. The van der Waals surface area contributed by atoms with Crippen molar-refractivity contribution in [2.24, 2.45) is 7.05 Å². The van der Waals surface area contributed by atoms with Gasteiger partial charge < -0.3 is 14.0 Å². The molecule has 0 bridgehead atoms. The maximum absolute atomic E-state index is 13.5. The van der Waals surface area contributed by atoms with Crippen molar-refractivity contribution in [3.8, 4) is 11.5 Å². The maximum Gasteiger partial charge on any atom is 0.241 e. The summed E-state index contributed by atoms with van der Waals surface area (Å²) in [5, 5.41) is -0.288. The number of imidazole rings is 1. The lowest BCUT2D eigenvalue weighted by Gasteiger charge is -2.20. The van der Waals surface area contributed by atoms with Gasteiger partial charge in [-0.2, -0.15) is 4.72 Å². The molecule has 0 aliphatic rings. The van der Waals surface area contributed by atoms with Gasteiger partial charge in [0, 0.05) is 25.5 Å². The van der Waals surface area contributed by atoms with Crippen LogP contribution in [0.5, 0.6) is 11.5 Å². The predicted molar refractivity (Wildman–Crippen MR) is 106 cm³/mol. The molecule has 0 amide bonds. The lowest BCUT2D eigenvalue weighted by atomic mass is 10.1.